The van der Waals surface area contributed by atoms with Gasteiger partial charge in [0.15, 0.2) is 0 Å². The minimum Gasteiger partial charge on any atom is -0.496 e. The molecule has 0 aromatic heterocycles. The van der Waals surface area contributed by atoms with Crippen molar-refractivity contribution < 1.29 is 13.2 Å². The van der Waals surface area contributed by atoms with E-state index in [9.17, 15) is 8.42 Å². The van der Waals surface area contributed by atoms with E-state index in [4.69, 9.17) is 4.74 Å². The molecule has 0 spiro atoms. The minimum absolute atomic E-state index is 0.298. The molecule has 1 fully saturated rings. The van der Waals surface area contributed by atoms with Crippen molar-refractivity contribution in [1.29, 1.82) is 0 Å². The zero-order valence-corrected chi connectivity index (χ0v) is 13.5. The Hall–Kier alpha value is -1.11. The summed E-state index contributed by atoms with van der Waals surface area (Å²) in [5.41, 5.74) is 0.878. The fraction of sp³-hybridized carbons (Fsp3) is 0.600. The maximum absolute atomic E-state index is 12.2. The second kappa shape index (κ2) is 7.24. The maximum atomic E-state index is 12.2. The van der Waals surface area contributed by atoms with Crippen LogP contribution in [0, 0.1) is 0 Å². The number of rotatable bonds is 9. The lowest BCUT2D eigenvalue weighted by atomic mass is 10.2. The van der Waals surface area contributed by atoms with Crippen LogP contribution in [0.1, 0.15) is 38.2 Å². The zero-order valence-electron chi connectivity index (χ0n) is 12.7. The molecule has 0 saturated heterocycles. The van der Waals surface area contributed by atoms with Gasteiger partial charge in [0.25, 0.3) is 0 Å². The smallest absolute Gasteiger partial charge is 0.240 e. The van der Waals surface area contributed by atoms with E-state index in [-0.39, 0.29) is 0 Å². The van der Waals surface area contributed by atoms with Gasteiger partial charge in [-0.3, -0.25) is 0 Å². The lowest BCUT2D eigenvalue weighted by Crippen LogP contribution is -2.25. The Balaban J connectivity index is 2.12. The summed E-state index contributed by atoms with van der Waals surface area (Å²) < 4.78 is 32.4. The predicted molar refractivity (Wildman–Crippen MR) is 83.0 cm³/mol. The number of benzene rings is 1. The van der Waals surface area contributed by atoms with Crippen molar-refractivity contribution in [1.82, 2.24) is 10.0 Å². The molecule has 1 aromatic rings. The average Bonchev–Trinajstić information content (AvgIpc) is 3.29. The molecular formula is C15H24N2O3S. The number of methoxy groups -OCH3 is 1. The summed E-state index contributed by atoms with van der Waals surface area (Å²) >= 11 is 0. The van der Waals surface area contributed by atoms with E-state index in [1.165, 1.54) is 12.8 Å². The van der Waals surface area contributed by atoms with Crippen LogP contribution in [0.2, 0.25) is 0 Å². The van der Waals surface area contributed by atoms with Gasteiger partial charge in [0.05, 0.1) is 12.0 Å². The van der Waals surface area contributed by atoms with E-state index in [1.807, 2.05) is 6.92 Å². The zero-order chi connectivity index (χ0) is 15.3. The van der Waals surface area contributed by atoms with E-state index >= 15 is 0 Å². The topological polar surface area (TPSA) is 67.4 Å². The van der Waals surface area contributed by atoms with Gasteiger partial charge in [0.1, 0.15) is 5.75 Å². The molecule has 2 rings (SSSR count). The number of ether oxygens (including phenoxy) is 1. The van der Waals surface area contributed by atoms with Gasteiger partial charge in [0, 0.05) is 24.7 Å². The van der Waals surface area contributed by atoms with Gasteiger partial charge in [0.2, 0.25) is 10.0 Å². The van der Waals surface area contributed by atoms with Gasteiger partial charge in [-0.05, 0) is 37.5 Å². The monoisotopic (exact) mass is 312 g/mol. The predicted octanol–water partition coefficient (Wildman–Crippen LogP) is 2.03. The van der Waals surface area contributed by atoms with Crippen molar-refractivity contribution in [3.8, 4) is 5.75 Å². The lowest BCUT2D eigenvalue weighted by Gasteiger charge is -2.12. The summed E-state index contributed by atoms with van der Waals surface area (Å²) in [7, 11) is -1.84. The molecule has 0 aliphatic heterocycles. The third-order valence-electron chi connectivity index (χ3n) is 3.54. The molecule has 1 aliphatic rings. The van der Waals surface area contributed by atoms with Gasteiger partial charge in [-0.1, -0.05) is 13.3 Å². The van der Waals surface area contributed by atoms with Gasteiger partial charge >= 0.3 is 0 Å². The Kier molecular flexibility index (Phi) is 5.61. The van der Waals surface area contributed by atoms with Crippen molar-refractivity contribution >= 4 is 10.0 Å². The van der Waals surface area contributed by atoms with Crippen molar-refractivity contribution in [3.63, 3.8) is 0 Å². The van der Waals surface area contributed by atoms with E-state index in [0.717, 1.165) is 24.2 Å². The number of hydrogen-bond acceptors (Lipinski definition) is 4. The largest absolute Gasteiger partial charge is 0.496 e. The highest BCUT2D eigenvalue weighted by molar-refractivity contribution is 7.89. The molecule has 0 radical (unpaired) electrons. The first-order chi connectivity index (χ1) is 10.1. The second-order valence-electron chi connectivity index (χ2n) is 5.38. The van der Waals surface area contributed by atoms with Crippen LogP contribution in [-0.4, -0.2) is 28.1 Å². The summed E-state index contributed by atoms with van der Waals surface area (Å²) in [4.78, 5) is 0.298. The van der Waals surface area contributed by atoms with Gasteiger partial charge in [-0.25, -0.2) is 13.1 Å². The molecule has 6 heteroatoms. The van der Waals surface area contributed by atoms with Crippen molar-refractivity contribution in [2.45, 2.75) is 50.1 Å². The van der Waals surface area contributed by atoms with E-state index in [1.54, 1.807) is 25.3 Å². The second-order valence-corrected chi connectivity index (χ2v) is 7.15. The van der Waals surface area contributed by atoms with Crippen molar-refractivity contribution in [2.75, 3.05) is 13.7 Å². The Bertz CT molecular complexity index is 568. The Morgan fingerprint density at radius 1 is 1.33 bits per heavy atom. The highest BCUT2D eigenvalue weighted by Gasteiger charge is 2.21. The van der Waals surface area contributed by atoms with Crippen LogP contribution < -0.4 is 14.8 Å². The fourth-order valence-corrected chi connectivity index (χ4v) is 3.19. The van der Waals surface area contributed by atoms with Crippen LogP contribution in [-0.2, 0) is 16.6 Å². The molecule has 21 heavy (non-hydrogen) atoms. The molecule has 1 saturated carbocycles. The lowest BCUT2D eigenvalue weighted by molar-refractivity contribution is 0.407. The summed E-state index contributed by atoms with van der Waals surface area (Å²) in [5, 5.41) is 3.38. The third-order valence-corrected chi connectivity index (χ3v) is 5.00. The van der Waals surface area contributed by atoms with Crippen LogP contribution >= 0.6 is 0 Å². The molecule has 0 bridgehead atoms. The molecule has 0 heterocycles. The SMILES string of the molecule is CCCCNS(=O)(=O)c1ccc(OC)c(CNC2CC2)c1. The van der Waals surface area contributed by atoms with E-state index in [0.29, 0.717) is 24.0 Å². The van der Waals surface area contributed by atoms with E-state index in [2.05, 4.69) is 10.0 Å². The molecular weight excluding hydrogens is 288 g/mol. The Morgan fingerprint density at radius 3 is 2.71 bits per heavy atom. The Morgan fingerprint density at radius 2 is 2.10 bits per heavy atom. The average molecular weight is 312 g/mol. The maximum Gasteiger partial charge on any atom is 0.240 e. The molecule has 0 atom stereocenters. The first-order valence-electron chi connectivity index (χ1n) is 7.46. The number of sulfonamides is 1. The molecule has 118 valence electrons. The van der Waals surface area contributed by atoms with Crippen LogP contribution in [0.3, 0.4) is 0 Å². The molecule has 0 amide bonds. The molecule has 1 aliphatic carbocycles. The summed E-state index contributed by atoms with van der Waals surface area (Å²) in [6, 6.07) is 5.58. The minimum atomic E-state index is -3.44. The fourth-order valence-electron chi connectivity index (χ4n) is 2.07. The molecule has 5 nitrogen and oxygen atoms in total. The van der Waals surface area contributed by atoms with Crippen molar-refractivity contribution in [3.05, 3.63) is 23.8 Å². The first-order valence-corrected chi connectivity index (χ1v) is 8.95. The highest BCUT2D eigenvalue weighted by atomic mass is 32.2. The van der Waals surface area contributed by atoms with Crippen LogP contribution in [0.5, 0.6) is 5.75 Å². The first kappa shape index (κ1) is 16.3. The summed E-state index contributed by atoms with van der Waals surface area (Å²) in [6.07, 6.45) is 4.19. The quantitative estimate of drug-likeness (QED) is 0.685. The number of hydrogen-bond donors (Lipinski definition) is 2. The number of nitrogens with one attached hydrogen (secondary N) is 2. The molecule has 1 aromatic carbocycles. The molecule has 2 N–H and O–H groups in total. The normalized spacial score (nSPS) is 15.1. The summed E-state index contributed by atoms with van der Waals surface area (Å²) in [6.45, 7) is 3.13. The van der Waals surface area contributed by atoms with Gasteiger partial charge < -0.3 is 10.1 Å². The highest BCUT2D eigenvalue weighted by Crippen LogP contribution is 2.25. The van der Waals surface area contributed by atoms with Crippen LogP contribution in [0.4, 0.5) is 0 Å². The van der Waals surface area contributed by atoms with Gasteiger partial charge in [-0.15, -0.1) is 0 Å². The third kappa shape index (κ3) is 4.69. The van der Waals surface area contributed by atoms with Crippen molar-refractivity contribution in [2.24, 2.45) is 0 Å². The van der Waals surface area contributed by atoms with E-state index < -0.39 is 10.0 Å². The molecule has 0 unspecified atom stereocenters. The summed E-state index contributed by atoms with van der Waals surface area (Å²) in [5.74, 6) is 0.718. The number of unbranched alkanes of at least 4 members (excludes halogenated alkanes) is 1. The van der Waals surface area contributed by atoms with Crippen LogP contribution in [0.25, 0.3) is 0 Å². The van der Waals surface area contributed by atoms with Gasteiger partial charge in [-0.2, -0.15) is 0 Å². The standard InChI is InChI=1S/C15H24N2O3S/c1-3-4-9-17-21(18,19)14-7-8-15(20-2)12(10-14)11-16-13-5-6-13/h7-8,10,13,16-17H,3-6,9,11H2,1-2H3. The van der Waals surface area contributed by atoms with Crippen LogP contribution in [0.15, 0.2) is 23.1 Å². The Labute approximate surface area is 127 Å².